The number of fused-ring (bicyclic) bond motifs is 1. The van der Waals surface area contributed by atoms with E-state index in [0.717, 1.165) is 11.3 Å². The van der Waals surface area contributed by atoms with Gasteiger partial charge in [-0.25, -0.2) is 4.68 Å². The molecule has 8 nitrogen and oxygen atoms in total. The van der Waals surface area contributed by atoms with Crippen molar-refractivity contribution in [1.29, 1.82) is 0 Å². The fourth-order valence-corrected chi connectivity index (χ4v) is 4.19. The van der Waals surface area contributed by atoms with Gasteiger partial charge in [0.15, 0.2) is 5.82 Å². The first-order chi connectivity index (χ1) is 16.4. The number of halogens is 1. The van der Waals surface area contributed by atoms with E-state index in [-0.39, 0.29) is 5.91 Å². The van der Waals surface area contributed by atoms with Crippen molar-refractivity contribution in [2.45, 2.75) is 19.9 Å². The molecule has 3 heterocycles. The second kappa shape index (κ2) is 8.72. The predicted octanol–water partition coefficient (Wildman–Crippen LogP) is 5.44. The molecule has 2 aromatic carbocycles. The van der Waals surface area contributed by atoms with E-state index in [1.54, 1.807) is 36.1 Å². The standard InChI is InChI=1S/C25H22ClN5O3/c1-14-11-12-20(34-14)22-21(24(32)28-18-9-4-5-10-19(18)33-3)15(2)27-25-29-23(30-31(22)25)16-7-6-8-17(26)13-16/h4-13,22H,1-3H3,(H,28,32)(H,27,29,30). The van der Waals surface area contributed by atoms with E-state index in [1.807, 2.05) is 50.2 Å². The van der Waals surface area contributed by atoms with E-state index >= 15 is 0 Å². The van der Waals surface area contributed by atoms with Crippen LogP contribution in [0, 0.1) is 6.92 Å². The van der Waals surface area contributed by atoms with Crippen LogP contribution in [-0.4, -0.2) is 27.8 Å². The van der Waals surface area contributed by atoms with Crippen LogP contribution in [-0.2, 0) is 4.79 Å². The Balaban J connectivity index is 1.59. The molecule has 0 bridgehead atoms. The molecule has 172 valence electrons. The third-order valence-corrected chi connectivity index (χ3v) is 5.80. The normalized spacial score (nSPS) is 15.0. The first-order valence-corrected chi connectivity index (χ1v) is 11.0. The lowest BCUT2D eigenvalue weighted by Gasteiger charge is -2.27. The van der Waals surface area contributed by atoms with Crippen LogP contribution in [0.2, 0.25) is 5.02 Å². The van der Waals surface area contributed by atoms with E-state index in [0.29, 0.717) is 45.3 Å². The van der Waals surface area contributed by atoms with Gasteiger partial charge in [-0.05, 0) is 50.2 Å². The molecule has 34 heavy (non-hydrogen) atoms. The zero-order valence-electron chi connectivity index (χ0n) is 18.8. The topological polar surface area (TPSA) is 94.2 Å². The predicted molar refractivity (Wildman–Crippen MR) is 130 cm³/mol. The zero-order chi connectivity index (χ0) is 23.8. The number of furan rings is 1. The fourth-order valence-electron chi connectivity index (χ4n) is 4.00. The van der Waals surface area contributed by atoms with Crippen LogP contribution in [0.5, 0.6) is 5.75 Å². The number of para-hydroxylation sites is 2. The number of aryl methyl sites for hydroxylation is 1. The van der Waals surface area contributed by atoms with Crippen LogP contribution in [0.1, 0.15) is 24.5 Å². The molecule has 2 N–H and O–H groups in total. The van der Waals surface area contributed by atoms with Gasteiger partial charge in [-0.2, -0.15) is 4.98 Å². The molecule has 5 rings (SSSR count). The highest BCUT2D eigenvalue weighted by atomic mass is 35.5. The van der Waals surface area contributed by atoms with Gasteiger partial charge >= 0.3 is 0 Å². The lowest BCUT2D eigenvalue weighted by Crippen LogP contribution is -2.31. The van der Waals surface area contributed by atoms with E-state index in [9.17, 15) is 4.79 Å². The van der Waals surface area contributed by atoms with E-state index in [4.69, 9.17) is 25.9 Å². The van der Waals surface area contributed by atoms with Gasteiger partial charge in [0.25, 0.3) is 5.91 Å². The molecule has 1 unspecified atom stereocenters. The third kappa shape index (κ3) is 3.92. The number of nitrogens with one attached hydrogen (secondary N) is 2. The Hall–Kier alpha value is -4.04. The van der Waals surface area contributed by atoms with Gasteiger partial charge in [0.2, 0.25) is 5.95 Å². The second-order valence-corrected chi connectivity index (χ2v) is 8.32. The lowest BCUT2D eigenvalue weighted by atomic mass is 10.00. The number of ether oxygens (including phenoxy) is 1. The number of amides is 1. The van der Waals surface area contributed by atoms with Crippen molar-refractivity contribution >= 4 is 29.1 Å². The monoisotopic (exact) mass is 475 g/mol. The molecule has 0 saturated heterocycles. The number of anilines is 2. The number of methoxy groups -OCH3 is 1. The number of benzene rings is 2. The van der Waals surface area contributed by atoms with Crippen molar-refractivity contribution in [1.82, 2.24) is 14.8 Å². The van der Waals surface area contributed by atoms with Gasteiger partial charge in [0.1, 0.15) is 23.3 Å². The molecule has 1 aliphatic rings. The maximum absolute atomic E-state index is 13.6. The molecular formula is C25H22ClN5O3. The van der Waals surface area contributed by atoms with Crippen molar-refractivity contribution < 1.29 is 13.9 Å². The average molecular weight is 476 g/mol. The van der Waals surface area contributed by atoms with Gasteiger partial charge in [-0.1, -0.05) is 35.9 Å². The highest BCUT2D eigenvalue weighted by molar-refractivity contribution is 6.30. The molecule has 1 amide bonds. The minimum atomic E-state index is -0.625. The summed E-state index contributed by atoms with van der Waals surface area (Å²) in [5, 5.41) is 11.5. The van der Waals surface area contributed by atoms with Crippen LogP contribution < -0.4 is 15.4 Å². The largest absolute Gasteiger partial charge is 0.495 e. The summed E-state index contributed by atoms with van der Waals surface area (Å²) in [4.78, 5) is 18.2. The minimum absolute atomic E-state index is 0.306. The maximum atomic E-state index is 13.6. The average Bonchev–Trinajstić information content (AvgIpc) is 3.44. The highest BCUT2D eigenvalue weighted by Gasteiger charge is 2.36. The Bertz CT molecular complexity index is 1420. The third-order valence-electron chi connectivity index (χ3n) is 5.57. The van der Waals surface area contributed by atoms with E-state index < -0.39 is 6.04 Å². The summed E-state index contributed by atoms with van der Waals surface area (Å²) in [7, 11) is 1.56. The van der Waals surface area contributed by atoms with Crippen LogP contribution in [0.3, 0.4) is 0 Å². The van der Waals surface area contributed by atoms with E-state index in [2.05, 4.69) is 15.6 Å². The molecule has 0 fully saturated rings. The number of carbonyl (C=O) groups excluding carboxylic acids is 1. The Morgan fingerprint density at radius 2 is 1.97 bits per heavy atom. The second-order valence-electron chi connectivity index (χ2n) is 7.88. The fraction of sp³-hybridized carbons (Fsp3) is 0.160. The van der Waals surface area contributed by atoms with Gasteiger partial charge in [-0.15, -0.1) is 5.10 Å². The molecule has 0 saturated carbocycles. The maximum Gasteiger partial charge on any atom is 0.256 e. The number of allylic oxidation sites excluding steroid dienone is 1. The quantitative estimate of drug-likeness (QED) is 0.399. The summed E-state index contributed by atoms with van der Waals surface area (Å²) in [5.74, 6) is 2.55. The molecule has 9 heteroatoms. The summed E-state index contributed by atoms with van der Waals surface area (Å²) < 4.78 is 13.0. The van der Waals surface area contributed by atoms with Crippen LogP contribution in [0.25, 0.3) is 11.4 Å². The summed E-state index contributed by atoms with van der Waals surface area (Å²) in [6, 6.07) is 17.6. The van der Waals surface area contributed by atoms with Crippen LogP contribution in [0.4, 0.5) is 11.6 Å². The van der Waals surface area contributed by atoms with E-state index in [1.165, 1.54) is 0 Å². The number of nitrogens with zero attached hydrogens (tertiary/aromatic N) is 3. The number of rotatable bonds is 5. The van der Waals surface area contributed by atoms with Crippen LogP contribution >= 0.6 is 11.6 Å². The minimum Gasteiger partial charge on any atom is -0.495 e. The number of hydrogen-bond donors (Lipinski definition) is 2. The van der Waals surface area contributed by atoms with Crippen molar-refractivity contribution in [3.63, 3.8) is 0 Å². The zero-order valence-corrected chi connectivity index (χ0v) is 19.6. The Kier molecular flexibility index (Phi) is 5.59. The Morgan fingerprint density at radius 1 is 1.15 bits per heavy atom. The molecule has 4 aromatic rings. The molecule has 0 spiro atoms. The molecule has 1 atom stereocenters. The first kappa shape index (κ1) is 21.8. The molecule has 1 aliphatic heterocycles. The molecular weight excluding hydrogens is 454 g/mol. The SMILES string of the molecule is COc1ccccc1NC(=O)C1=C(C)Nc2nc(-c3cccc(Cl)c3)nn2C1c1ccc(C)o1. The van der Waals surface area contributed by atoms with Crippen molar-refractivity contribution in [3.05, 3.63) is 88.5 Å². The molecule has 0 radical (unpaired) electrons. The number of carbonyl (C=O) groups is 1. The highest BCUT2D eigenvalue weighted by Crippen LogP contribution is 2.38. The van der Waals surface area contributed by atoms with Gasteiger partial charge in [-0.3, -0.25) is 4.79 Å². The van der Waals surface area contributed by atoms with Crippen LogP contribution in [0.15, 0.2) is 76.4 Å². The molecule has 0 aliphatic carbocycles. The summed E-state index contributed by atoms with van der Waals surface area (Å²) in [6.45, 7) is 3.69. The summed E-state index contributed by atoms with van der Waals surface area (Å²) in [6.07, 6.45) is 0. The van der Waals surface area contributed by atoms with Gasteiger partial charge in [0.05, 0.1) is 18.4 Å². The smallest absolute Gasteiger partial charge is 0.256 e. The summed E-state index contributed by atoms with van der Waals surface area (Å²) in [5.41, 5.74) is 2.43. The van der Waals surface area contributed by atoms with Gasteiger partial charge in [0, 0.05) is 16.3 Å². The first-order valence-electron chi connectivity index (χ1n) is 10.7. The Morgan fingerprint density at radius 3 is 2.71 bits per heavy atom. The Labute approximate surface area is 201 Å². The number of hydrogen-bond acceptors (Lipinski definition) is 6. The van der Waals surface area contributed by atoms with Crippen molar-refractivity contribution in [2.24, 2.45) is 0 Å². The molecule has 2 aromatic heterocycles. The number of aromatic nitrogens is 3. The van der Waals surface area contributed by atoms with Crippen molar-refractivity contribution in [2.75, 3.05) is 17.7 Å². The van der Waals surface area contributed by atoms with Crippen molar-refractivity contribution in [3.8, 4) is 17.1 Å². The summed E-state index contributed by atoms with van der Waals surface area (Å²) >= 11 is 6.17. The lowest BCUT2D eigenvalue weighted by molar-refractivity contribution is -0.113. The van der Waals surface area contributed by atoms with Gasteiger partial charge < -0.3 is 19.8 Å².